The Labute approximate surface area is 147 Å². The molecular formula is C18H25N5O2. The van der Waals surface area contributed by atoms with Gasteiger partial charge in [0.15, 0.2) is 0 Å². The summed E-state index contributed by atoms with van der Waals surface area (Å²) in [6.07, 6.45) is 10.5. The predicted octanol–water partition coefficient (Wildman–Crippen LogP) is 2.01. The number of rotatable bonds is 5. The molecule has 0 bridgehead atoms. The molecule has 0 saturated heterocycles. The fourth-order valence-corrected chi connectivity index (χ4v) is 3.22. The molecule has 2 unspecified atom stereocenters. The molecule has 3 rings (SSSR count). The van der Waals surface area contributed by atoms with Crippen LogP contribution in [-0.4, -0.2) is 38.3 Å². The minimum Gasteiger partial charge on any atom is -0.392 e. The normalized spacial score (nSPS) is 23.2. The van der Waals surface area contributed by atoms with Gasteiger partial charge in [-0.1, -0.05) is 19.8 Å². The number of nitrogens with one attached hydrogen (secondary N) is 2. The first-order valence-corrected chi connectivity index (χ1v) is 8.70. The van der Waals surface area contributed by atoms with Crippen molar-refractivity contribution in [2.75, 3.05) is 6.54 Å². The molecule has 7 heteroatoms. The number of pyridine rings is 1. The van der Waals surface area contributed by atoms with Crippen LogP contribution in [0.2, 0.25) is 0 Å². The molecule has 0 spiro atoms. The van der Waals surface area contributed by atoms with Crippen LogP contribution >= 0.6 is 0 Å². The molecule has 0 radical (unpaired) electrons. The first-order chi connectivity index (χ1) is 12.1. The highest BCUT2D eigenvalue weighted by Crippen LogP contribution is 2.35. The number of amides is 2. The molecule has 2 heterocycles. The number of nitrogens with zero attached hydrogens (tertiary/aromatic N) is 3. The number of hydrogen-bond acceptors (Lipinski definition) is 4. The molecule has 2 amide bonds. The van der Waals surface area contributed by atoms with Crippen LogP contribution in [0, 0.1) is 5.41 Å². The summed E-state index contributed by atoms with van der Waals surface area (Å²) in [5.74, 6) is 0.759. The fraction of sp³-hybridized carbons (Fsp3) is 0.500. The van der Waals surface area contributed by atoms with E-state index in [4.69, 9.17) is 0 Å². The summed E-state index contributed by atoms with van der Waals surface area (Å²) < 4.78 is 1.81. The highest BCUT2D eigenvalue weighted by atomic mass is 16.3. The second-order valence-corrected chi connectivity index (χ2v) is 6.94. The molecule has 7 nitrogen and oxygen atoms in total. The summed E-state index contributed by atoms with van der Waals surface area (Å²) in [4.78, 5) is 20.4. The lowest BCUT2D eigenvalue weighted by Gasteiger charge is -2.38. The van der Waals surface area contributed by atoms with Crippen molar-refractivity contribution in [1.29, 1.82) is 0 Å². The zero-order valence-corrected chi connectivity index (χ0v) is 14.5. The summed E-state index contributed by atoms with van der Waals surface area (Å²) >= 11 is 0. The number of aliphatic hydroxyl groups excluding tert-OH is 1. The standard InChI is InChI=1S/C18H25N5O2/c1-18(6-3-2-4-15(18)24)12-22-17(25)21-11-14-5-7-20-16(10-14)23-9-8-19-13-23/h5,7-10,13,15,24H,2-4,6,11-12H2,1H3,(H2,21,22,25). The second-order valence-electron chi connectivity index (χ2n) is 6.94. The van der Waals surface area contributed by atoms with Crippen molar-refractivity contribution >= 4 is 6.03 Å². The summed E-state index contributed by atoms with van der Waals surface area (Å²) in [5.41, 5.74) is 0.721. The molecule has 2 aromatic heterocycles. The Morgan fingerprint density at radius 3 is 3.04 bits per heavy atom. The van der Waals surface area contributed by atoms with Crippen molar-refractivity contribution < 1.29 is 9.90 Å². The minimum absolute atomic E-state index is 0.222. The number of hydrogen-bond donors (Lipinski definition) is 3. The third-order valence-electron chi connectivity index (χ3n) is 4.96. The van der Waals surface area contributed by atoms with E-state index < -0.39 is 0 Å². The van der Waals surface area contributed by atoms with Crippen LogP contribution in [-0.2, 0) is 6.54 Å². The fourth-order valence-electron chi connectivity index (χ4n) is 3.22. The summed E-state index contributed by atoms with van der Waals surface area (Å²) in [7, 11) is 0. The van der Waals surface area contributed by atoms with Gasteiger partial charge in [0.25, 0.3) is 0 Å². The van der Waals surface area contributed by atoms with Crippen molar-refractivity contribution in [3.05, 3.63) is 42.6 Å². The van der Waals surface area contributed by atoms with Gasteiger partial charge in [0, 0.05) is 37.1 Å². The number of urea groups is 1. The Hall–Kier alpha value is -2.41. The van der Waals surface area contributed by atoms with Gasteiger partial charge >= 0.3 is 6.03 Å². The lowest BCUT2D eigenvalue weighted by atomic mass is 9.73. The van der Waals surface area contributed by atoms with E-state index in [1.807, 2.05) is 29.8 Å². The minimum atomic E-state index is -0.348. The molecule has 134 valence electrons. The average molecular weight is 343 g/mol. The Kier molecular flexibility index (Phi) is 5.33. The zero-order valence-electron chi connectivity index (χ0n) is 14.5. The van der Waals surface area contributed by atoms with E-state index in [2.05, 4.69) is 20.6 Å². The Balaban J connectivity index is 1.50. The molecular weight excluding hydrogens is 318 g/mol. The molecule has 0 aliphatic heterocycles. The van der Waals surface area contributed by atoms with Gasteiger partial charge < -0.3 is 15.7 Å². The maximum absolute atomic E-state index is 12.1. The summed E-state index contributed by atoms with van der Waals surface area (Å²) in [6.45, 7) is 2.93. The van der Waals surface area contributed by atoms with Gasteiger partial charge in [-0.25, -0.2) is 14.8 Å². The van der Waals surface area contributed by atoms with E-state index in [9.17, 15) is 9.90 Å². The number of carbonyl (C=O) groups excluding carboxylic acids is 1. The van der Waals surface area contributed by atoms with E-state index in [0.29, 0.717) is 13.1 Å². The third-order valence-corrected chi connectivity index (χ3v) is 4.96. The largest absolute Gasteiger partial charge is 0.392 e. The zero-order chi connectivity index (χ0) is 17.7. The van der Waals surface area contributed by atoms with Crippen molar-refractivity contribution in [3.63, 3.8) is 0 Å². The number of aliphatic hydroxyl groups is 1. The maximum atomic E-state index is 12.1. The van der Waals surface area contributed by atoms with Crippen LogP contribution in [0.4, 0.5) is 4.79 Å². The van der Waals surface area contributed by atoms with Gasteiger partial charge in [-0.05, 0) is 30.5 Å². The van der Waals surface area contributed by atoms with Crippen LogP contribution < -0.4 is 10.6 Å². The average Bonchev–Trinajstić information content (AvgIpc) is 3.16. The van der Waals surface area contributed by atoms with Gasteiger partial charge in [0.05, 0.1) is 6.10 Å². The van der Waals surface area contributed by atoms with Gasteiger partial charge in [-0.3, -0.25) is 4.57 Å². The smallest absolute Gasteiger partial charge is 0.315 e. The lowest BCUT2D eigenvalue weighted by Crippen LogP contribution is -2.47. The number of carbonyl (C=O) groups is 1. The van der Waals surface area contributed by atoms with Gasteiger partial charge in [-0.2, -0.15) is 0 Å². The van der Waals surface area contributed by atoms with Gasteiger partial charge in [0.2, 0.25) is 0 Å². The molecule has 1 aliphatic carbocycles. The van der Waals surface area contributed by atoms with E-state index in [0.717, 1.165) is 37.1 Å². The van der Waals surface area contributed by atoms with Crippen LogP contribution in [0.1, 0.15) is 38.2 Å². The highest BCUT2D eigenvalue weighted by molar-refractivity contribution is 5.73. The highest BCUT2D eigenvalue weighted by Gasteiger charge is 2.35. The summed E-state index contributed by atoms with van der Waals surface area (Å²) in [6, 6.07) is 3.56. The number of imidazole rings is 1. The first-order valence-electron chi connectivity index (χ1n) is 8.70. The molecule has 25 heavy (non-hydrogen) atoms. The number of aromatic nitrogens is 3. The first kappa shape index (κ1) is 17.4. The van der Waals surface area contributed by atoms with Crippen LogP contribution in [0.5, 0.6) is 0 Å². The van der Waals surface area contributed by atoms with Crippen LogP contribution in [0.3, 0.4) is 0 Å². The van der Waals surface area contributed by atoms with Gasteiger partial charge in [0.1, 0.15) is 12.1 Å². The van der Waals surface area contributed by atoms with E-state index >= 15 is 0 Å². The second kappa shape index (κ2) is 7.65. The lowest BCUT2D eigenvalue weighted by molar-refractivity contribution is 0.00309. The molecule has 0 aromatic carbocycles. The Morgan fingerprint density at radius 1 is 1.40 bits per heavy atom. The van der Waals surface area contributed by atoms with Crippen molar-refractivity contribution in [3.8, 4) is 5.82 Å². The SMILES string of the molecule is CC1(CNC(=O)NCc2ccnc(-n3ccnc3)c2)CCCCC1O. The molecule has 2 aromatic rings. The molecule has 1 saturated carbocycles. The molecule has 3 N–H and O–H groups in total. The maximum Gasteiger partial charge on any atom is 0.315 e. The van der Waals surface area contributed by atoms with E-state index in [1.165, 1.54) is 0 Å². The molecule has 1 fully saturated rings. The third kappa shape index (κ3) is 4.36. The van der Waals surface area contributed by atoms with Crippen LogP contribution in [0.25, 0.3) is 5.82 Å². The molecule has 1 aliphatic rings. The Bertz CT molecular complexity index is 703. The quantitative estimate of drug-likeness (QED) is 0.774. The van der Waals surface area contributed by atoms with Crippen molar-refractivity contribution in [1.82, 2.24) is 25.2 Å². The van der Waals surface area contributed by atoms with Gasteiger partial charge in [-0.15, -0.1) is 0 Å². The van der Waals surface area contributed by atoms with E-state index in [1.54, 1.807) is 18.7 Å². The van der Waals surface area contributed by atoms with Crippen molar-refractivity contribution in [2.45, 2.75) is 45.3 Å². The topological polar surface area (TPSA) is 92.1 Å². The summed E-state index contributed by atoms with van der Waals surface area (Å²) in [5, 5.41) is 15.9. The van der Waals surface area contributed by atoms with Crippen molar-refractivity contribution in [2.24, 2.45) is 5.41 Å². The molecule has 2 atom stereocenters. The van der Waals surface area contributed by atoms with Crippen LogP contribution in [0.15, 0.2) is 37.1 Å². The predicted molar refractivity (Wildman–Crippen MR) is 94.2 cm³/mol. The Morgan fingerprint density at radius 2 is 2.28 bits per heavy atom. The monoisotopic (exact) mass is 343 g/mol. The van der Waals surface area contributed by atoms with E-state index in [-0.39, 0.29) is 17.6 Å².